The van der Waals surface area contributed by atoms with Gasteiger partial charge in [0.2, 0.25) is 5.78 Å². The Balaban J connectivity index is 1.44. The van der Waals surface area contributed by atoms with Crippen LogP contribution >= 0.6 is 11.3 Å². The number of rotatable bonds is 3. The smallest absolute Gasteiger partial charge is 0.232 e. The quantitative estimate of drug-likeness (QED) is 0.591. The van der Waals surface area contributed by atoms with E-state index in [-0.39, 0.29) is 5.78 Å². The molecule has 0 amide bonds. The summed E-state index contributed by atoms with van der Waals surface area (Å²) in [5.41, 5.74) is 4.85. The molecule has 0 unspecified atom stereocenters. The first-order valence-corrected chi connectivity index (χ1v) is 10.4. The molecule has 1 aromatic carbocycles. The molecule has 0 fully saturated rings. The van der Waals surface area contributed by atoms with Gasteiger partial charge >= 0.3 is 0 Å². The van der Waals surface area contributed by atoms with E-state index in [1.807, 2.05) is 49.6 Å². The summed E-state index contributed by atoms with van der Waals surface area (Å²) in [6, 6.07) is 7.98. The number of ketones is 1. The van der Waals surface area contributed by atoms with Crippen molar-refractivity contribution in [2.45, 2.75) is 26.9 Å². The van der Waals surface area contributed by atoms with E-state index in [0.29, 0.717) is 23.8 Å². The zero-order valence-electron chi connectivity index (χ0n) is 16.3. The summed E-state index contributed by atoms with van der Waals surface area (Å²) in [6.45, 7) is 5.99. The van der Waals surface area contributed by atoms with Crippen molar-refractivity contribution in [3.63, 3.8) is 0 Å². The second kappa shape index (κ2) is 7.13. The van der Waals surface area contributed by atoms with Crippen LogP contribution in [0, 0.1) is 13.8 Å². The molecule has 5 rings (SSSR count). The molecule has 6 heteroatoms. The second-order valence-electron chi connectivity index (χ2n) is 7.39. The van der Waals surface area contributed by atoms with E-state index in [2.05, 4.69) is 9.88 Å². The number of ether oxygens (including phenoxy) is 2. The van der Waals surface area contributed by atoms with Crippen molar-refractivity contribution in [2.24, 2.45) is 0 Å². The van der Waals surface area contributed by atoms with Crippen molar-refractivity contribution in [2.75, 3.05) is 6.73 Å². The Hall–Kier alpha value is -2.96. The van der Waals surface area contributed by atoms with E-state index in [9.17, 15) is 4.79 Å². The summed E-state index contributed by atoms with van der Waals surface area (Å²) >= 11 is 1.60. The van der Waals surface area contributed by atoms with Crippen LogP contribution in [0.2, 0.25) is 0 Å². The zero-order chi connectivity index (χ0) is 20.0. The maximum Gasteiger partial charge on any atom is 0.232 e. The molecule has 3 aromatic rings. The highest BCUT2D eigenvalue weighted by atomic mass is 32.1. The van der Waals surface area contributed by atoms with Gasteiger partial charge in [0, 0.05) is 47.6 Å². The van der Waals surface area contributed by atoms with Crippen LogP contribution in [0.1, 0.15) is 37.5 Å². The van der Waals surface area contributed by atoms with Crippen molar-refractivity contribution < 1.29 is 14.3 Å². The predicted molar refractivity (Wildman–Crippen MR) is 112 cm³/mol. The third-order valence-corrected chi connectivity index (χ3v) is 6.29. The number of Topliss-reactive ketones (excluding diaryl/α,β-unsaturated/α-hetero) is 1. The van der Waals surface area contributed by atoms with Gasteiger partial charge in [0.15, 0.2) is 5.76 Å². The van der Waals surface area contributed by atoms with Gasteiger partial charge in [0.1, 0.15) is 18.2 Å². The maximum atomic E-state index is 13.0. The van der Waals surface area contributed by atoms with Crippen molar-refractivity contribution in [1.82, 2.24) is 9.88 Å². The molecule has 5 nitrogen and oxygen atoms in total. The number of carbonyl (C=O) groups excluding carboxylic acids is 1. The summed E-state index contributed by atoms with van der Waals surface area (Å²) in [5, 5.41) is 2.02. The van der Waals surface area contributed by atoms with Crippen LogP contribution < -0.4 is 9.47 Å². The van der Waals surface area contributed by atoms with E-state index in [1.54, 1.807) is 23.7 Å². The minimum atomic E-state index is -0.0649. The number of carbonyl (C=O) groups is 1. The van der Waals surface area contributed by atoms with Crippen molar-refractivity contribution in [3.8, 4) is 11.5 Å². The summed E-state index contributed by atoms with van der Waals surface area (Å²) in [6.07, 6.45) is 5.44. The van der Waals surface area contributed by atoms with Gasteiger partial charge < -0.3 is 9.47 Å². The average molecular weight is 404 g/mol. The molecule has 0 saturated heterocycles. The fraction of sp³-hybridized carbons (Fsp3) is 0.217. The second-order valence-corrected chi connectivity index (χ2v) is 8.34. The highest BCUT2D eigenvalue weighted by Crippen LogP contribution is 2.43. The van der Waals surface area contributed by atoms with Crippen molar-refractivity contribution >= 4 is 23.2 Å². The lowest BCUT2D eigenvalue weighted by molar-refractivity contribution is 0.0876. The summed E-state index contributed by atoms with van der Waals surface area (Å²) in [7, 11) is 0. The summed E-state index contributed by atoms with van der Waals surface area (Å²) in [5.74, 6) is 1.77. The Kier molecular flexibility index (Phi) is 4.45. The molecule has 0 atom stereocenters. The van der Waals surface area contributed by atoms with Gasteiger partial charge in [-0.1, -0.05) is 0 Å². The molecule has 0 radical (unpaired) electrons. The fourth-order valence-electron chi connectivity index (χ4n) is 3.80. The monoisotopic (exact) mass is 404 g/mol. The molecule has 2 aromatic heterocycles. The van der Waals surface area contributed by atoms with E-state index in [1.165, 1.54) is 5.56 Å². The van der Waals surface area contributed by atoms with E-state index in [4.69, 9.17) is 9.47 Å². The predicted octanol–water partition coefficient (Wildman–Crippen LogP) is 4.73. The van der Waals surface area contributed by atoms with Gasteiger partial charge in [-0.05, 0) is 54.6 Å². The Labute approximate surface area is 173 Å². The van der Waals surface area contributed by atoms with Gasteiger partial charge in [-0.3, -0.25) is 14.7 Å². The average Bonchev–Trinajstić information content (AvgIpc) is 3.27. The van der Waals surface area contributed by atoms with E-state index in [0.717, 1.165) is 40.4 Å². The fourth-order valence-corrected chi connectivity index (χ4v) is 4.64. The Morgan fingerprint density at radius 2 is 2.03 bits per heavy atom. The largest absolute Gasteiger partial charge is 0.477 e. The third-order valence-electron chi connectivity index (χ3n) is 5.32. The molecule has 0 saturated carbocycles. The number of benzene rings is 1. The summed E-state index contributed by atoms with van der Waals surface area (Å²) in [4.78, 5) is 20.3. The lowest BCUT2D eigenvalue weighted by atomic mass is 10.00. The number of pyridine rings is 1. The minimum absolute atomic E-state index is 0.0649. The molecule has 0 N–H and O–H groups in total. The molecule has 2 aliphatic heterocycles. The molecule has 0 bridgehead atoms. The van der Waals surface area contributed by atoms with Crippen molar-refractivity contribution in [1.29, 1.82) is 0 Å². The minimum Gasteiger partial charge on any atom is -0.477 e. The molecule has 0 spiro atoms. The highest BCUT2D eigenvalue weighted by molar-refractivity contribution is 7.11. The SMILES string of the molecule is Cc1ccsc1/C=C1\Oc2c(cc3c(c2C)OCN(Cc2ccncc2)C3)C1=O. The first kappa shape index (κ1) is 18.1. The van der Waals surface area contributed by atoms with E-state index >= 15 is 0 Å². The lowest BCUT2D eigenvalue weighted by Crippen LogP contribution is -2.32. The number of thiophene rings is 1. The highest BCUT2D eigenvalue weighted by Gasteiger charge is 2.33. The zero-order valence-corrected chi connectivity index (χ0v) is 17.1. The normalized spacial score (nSPS) is 17.0. The van der Waals surface area contributed by atoms with Crippen LogP contribution in [0.3, 0.4) is 0 Å². The Morgan fingerprint density at radius 3 is 2.79 bits per heavy atom. The number of hydrogen-bond acceptors (Lipinski definition) is 6. The number of hydrogen-bond donors (Lipinski definition) is 0. The first-order chi connectivity index (χ1) is 14.1. The van der Waals surface area contributed by atoms with Gasteiger partial charge in [-0.2, -0.15) is 0 Å². The van der Waals surface area contributed by atoms with Crippen LogP contribution in [-0.4, -0.2) is 22.4 Å². The van der Waals surface area contributed by atoms with Crippen LogP contribution in [0.25, 0.3) is 6.08 Å². The van der Waals surface area contributed by atoms with Gasteiger partial charge in [0.05, 0.1) is 5.56 Å². The van der Waals surface area contributed by atoms with Crippen LogP contribution in [-0.2, 0) is 13.1 Å². The van der Waals surface area contributed by atoms with E-state index < -0.39 is 0 Å². The molecule has 2 aliphatic rings. The molecular weight excluding hydrogens is 384 g/mol. The first-order valence-electron chi connectivity index (χ1n) is 9.49. The molecule has 146 valence electrons. The number of nitrogens with zero attached hydrogens (tertiary/aromatic N) is 2. The number of allylic oxidation sites excluding steroid dienone is 1. The molecule has 4 heterocycles. The van der Waals surface area contributed by atoms with Crippen LogP contribution in [0.5, 0.6) is 11.5 Å². The maximum absolute atomic E-state index is 13.0. The van der Waals surface area contributed by atoms with Gasteiger partial charge in [-0.15, -0.1) is 11.3 Å². The van der Waals surface area contributed by atoms with Crippen molar-refractivity contribution in [3.05, 3.63) is 80.5 Å². The standard InChI is InChI=1S/C23H20N2O3S/c1-14-5-8-29-20(14)10-19-21(26)18-9-17-12-25(11-16-3-6-24-7-4-16)13-27-22(17)15(2)23(18)28-19/h3-10H,11-13H2,1-2H3/b19-10-. The molecular formula is C23H20N2O3S. The van der Waals surface area contributed by atoms with Crippen LogP contribution in [0.4, 0.5) is 0 Å². The Bertz CT molecular complexity index is 1130. The van der Waals surface area contributed by atoms with Gasteiger partial charge in [-0.25, -0.2) is 0 Å². The number of aryl methyl sites for hydroxylation is 1. The topological polar surface area (TPSA) is 51.7 Å². The third kappa shape index (κ3) is 3.24. The molecule has 0 aliphatic carbocycles. The van der Waals surface area contributed by atoms with Gasteiger partial charge in [0.25, 0.3) is 0 Å². The van der Waals surface area contributed by atoms with Crippen LogP contribution in [0.15, 0.2) is 47.8 Å². The number of fused-ring (bicyclic) bond motifs is 2. The Morgan fingerprint density at radius 1 is 1.21 bits per heavy atom. The summed E-state index contributed by atoms with van der Waals surface area (Å²) < 4.78 is 12.0. The number of aromatic nitrogens is 1. The molecule has 29 heavy (non-hydrogen) atoms. The lowest BCUT2D eigenvalue weighted by Gasteiger charge is -2.30.